The van der Waals surface area contributed by atoms with Crippen molar-refractivity contribution in [3.05, 3.63) is 0 Å². The number of rotatable bonds is 2. The Morgan fingerprint density at radius 1 is 1.82 bits per heavy atom. The maximum atomic E-state index is 12.4. The lowest BCUT2D eigenvalue weighted by atomic mass is 10.0. The molecule has 11 heavy (non-hydrogen) atoms. The zero-order valence-corrected chi connectivity index (χ0v) is 6.05. The molecule has 1 N–H and O–H groups in total. The van der Waals surface area contributed by atoms with Gasteiger partial charge in [-0.15, -0.1) is 0 Å². The van der Waals surface area contributed by atoms with Crippen LogP contribution in [0.3, 0.4) is 0 Å². The second-order valence-corrected chi connectivity index (χ2v) is 2.74. The molecule has 0 amide bonds. The molecular formula is C6H9F2NO2. The topological polar surface area (TPSA) is 40.5 Å². The summed E-state index contributed by atoms with van der Waals surface area (Å²) in [6.07, 6.45) is 0. The van der Waals surface area contributed by atoms with E-state index in [1.807, 2.05) is 0 Å². The first-order valence-corrected chi connectivity index (χ1v) is 3.27. The fourth-order valence-electron chi connectivity index (χ4n) is 1.06. The molecule has 0 aliphatic carbocycles. The predicted molar refractivity (Wildman–Crippen MR) is 33.6 cm³/mol. The van der Waals surface area contributed by atoms with Crippen LogP contribution in [-0.4, -0.2) is 41.0 Å². The van der Waals surface area contributed by atoms with Gasteiger partial charge in [-0.1, -0.05) is 0 Å². The Kier molecular flexibility index (Phi) is 1.83. The minimum Gasteiger partial charge on any atom is -0.480 e. The highest BCUT2D eigenvalue weighted by atomic mass is 19.3. The van der Waals surface area contributed by atoms with Crippen LogP contribution in [0, 0.1) is 0 Å². The predicted octanol–water partition coefficient (Wildman–Crippen LogP) is 0.410. The molecule has 1 atom stereocenters. The van der Waals surface area contributed by atoms with Gasteiger partial charge in [0.05, 0.1) is 19.1 Å². The van der Waals surface area contributed by atoms with Crippen molar-refractivity contribution in [3.8, 4) is 0 Å². The molecule has 1 aliphatic rings. The highest BCUT2D eigenvalue weighted by Gasteiger charge is 2.51. The Morgan fingerprint density at radius 2 is 2.36 bits per heavy atom. The molecule has 5 heteroatoms. The lowest BCUT2D eigenvalue weighted by molar-refractivity contribution is -0.183. The Labute approximate surface area is 62.6 Å². The first-order chi connectivity index (χ1) is 4.93. The molecule has 0 bridgehead atoms. The summed E-state index contributed by atoms with van der Waals surface area (Å²) in [6, 6.07) is -0.932. The van der Waals surface area contributed by atoms with Gasteiger partial charge in [0.15, 0.2) is 0 Å². The molecular weight excluding hydrogens is 156 g/mol. The van der Waals surface area contributed by atoms with Crippen LogP contribution < -0.4 is 0 Å². The van der Waals surface area contributed by atoms with Crippen LogP contribution in [-0.2, 0) is 4.79 Å². The Bertz CT molecular complexity index is 183. The van der Waals surface area contributed by atoms with E-state index in [1.54, 1.807) is 0 Å². The maximum Gasteiger partial charge on any atom is 0.317 e. The van der Waals surface area contributed by atoms with Gasteiger partial charge in [-0.25, -0.2) is 8.78 Å². The molecule has 64 valence electrons. The number of hydrogen-bond donors (Lipinski definition) is 1. The number of aliphatic carboxylic acids is 1. The molecule has 1 aliphatic heterocycles. The standard InChI is InChI=1S/C6H9F2NO2/c1-4-6(7,8)3-9(4)2-5(10)11/h4H,2-3H2,1H3,(H,10,11)/t4-/m0/s1. The molecule has 0 unspecified atom stereocenters. The molecule has 0 aromatic heterocycles. The fourth-order valence-corrected chi connectivity index (χ4v) is 1.06. The van der Waals surface area contributed by atoms with Crippen molar-refractivity contribution in [2.45, 2.75) is 18.9 Å². The van der Waals surface area contributed by atoms with Gasteiger partial charge in [0, 0.05) is 0 Å². The molecule has 0 saturated carbocycles. The number of halogens is 2. The van der Waals surface area contributed by atoms with Gasteiger partial charge >= 0.3 is 5.97 Å². The van der Waals surface area contributed by atoms with Crippen molar-refractivity contribution in [1.82, 2.24) is 4.90 Å². The minimum absolute atomic E-state index is 0.295. The number of carboxylic acids is 1. The number of carbonyl (C=O) groups is 1. The van der Waals surface area contributed by atoms with Crippen LogP contribution in [0.25, 0.3) is 0 Å². The summed E-state index contributed by atoms with van der Waals surface area (Å²) >= 11 is 0. The van der Waals surface area contributed by atoms with Crippen LogP contribution in [0.15, 0.2) is 0 Å². The Morgan fingerprint density at radius 3 is 2.64 bits per heavy atom. The monoisotopic (exact) mass is 165 g/mol. The van der Waals surface area contributed by atoms with E-state index in [4.69, 9.17) is 5.11 Å². The van der Waals surface area contributed by atoms with Crippen LogP contribution >= 0.6 is 0 Å². The molecule has 1 fully saturated rings. The molecule has 0 aromatic rings. The van der Waals surface area contributed by atoms with Gasteiger partial charge in [-0.2, -0.15) is 0 Å². The third kappa shape index (κ3) is 1.48. The van der Waals surface area contributed by atoms with E-state index in [-0.39, 0.29) is 6.54 Å². The highest BCUT2D eigenvalue weighted by Crippen LogP contribution is 2.33. The van der Waals surface area contributed by atoms with Crippen molar-refractivity contribution in [1.29, 1.82) is 0 Å². The van der Waals surface area contributed by atoms with Gasteiger partial charge in [-0.05, 0) is 6.92 Å². The van der Waals surface area contributed by atoms with Gasteiger partial charge in [0.25, 0.3) is 5.92 Å². The summed E-state index contributed by atoms with van der Waals surface area (Å²) in [5.41, 5.74) is 0. The van der Waals surface area contributed by atoms with E-state index in [1.165, 1.54) is 11.8 Å². The summed E-state index contributed by atoms with van der Waals surface area (Å²) in [6.45, 7) is 0.601. The minimum atomic E-state index is -2.70. The lowest BCUT2D eigenvalue weighted by Gasteiger charge is -2.44. The second-order valence-electron chi connectivity index (χ2n) is 2.74. The first kappa shape index (κ1) is 8.39. The van der Waals surface area contributed by atoms with Crippen molar-refractivity contribution >= 4 is 5.97 Å². The normalized spacial score (nSPS) is 29.5. The smallest absolute Gasteiger partial charge is 0.317 e. The third-order valence-corrected chi connectivity index (χ3v) is 1.91. The molecule has 0 spiro atoms. The summed E-state index contributed by atoms with van der Waals surface area (Å²) in [4.78, 5) is 11.3. The van der Waals surface area contributed by atoms with Gasteiger partial charge in [0.2, 0.25) is 0 Å². The average Bonchev–Trinajstić information content (AvgIpc) is 1.85. The van der Waals surface area contributed by atoms with Gasteiger partial charge in [-0.3, -0.25) is 9.69 Å². The van der Waals surface area contributed by atoms with Crippen molar-refractivity contribution in [3.63, 3.8) is 0 Å². The van der Waals surface area contributed by atoms with Crippen molar-refractivity contribution < 1.29 is 18.7 Å². The third-order valence-electron chi connectivity index (χ3n) is 1.91. The van der Waals surface area contributed by atoms with E-state index in [0.717, 1.165) is 0 Å². The average molecular weight is 165 g/mol. The zero-order chi connectivity index (χ0) is 8.65. The number of carboxylic acid groups (broad SMARTS) is 1. The van der Waals surface area contributed by atoms with E-state index in [2.05, 4.69) is 0 Å². The van der Waals surface area contributed by atoms with Crippen molar-refractivity contribution in [2.75, 3.05) is 13.1 Å². The summed E-state index contributed by atoms with van der Waals surface area (Å²) in [5, 5.41) is 8.25. The number of alkyl halides is 2. The lowest BCUT2D eigenvalue weighted by Crippen LogP contribution is -2.64. The van der Waals surface area contributed by atoms with Crippen LogP contribution in [0.4, 0.5) is 8.78 Å². The molecule has 0 aromatic carbocycles. The Hall–Kier alpha value is -0.710. The maximum absolute atomic E-state index is 12.4. The highest BCUT2D eigenvalue weighted by molar-refractivity contribution is 5.69. The second kappa shape index (κ2) is 2.41. The fraction of sp³-hybridized carbons (Fsp3) is 0.833. The number of likely N-dealkylation sites (tertiary alicyclic amines) is 1. The largest absolute Gasteiger partial charge is 0.480 e. The summed E-state index contributed by atoms with van der Waals surface area (Å²) in [5.74, 6) is -3.76. The molecule has 3 nitrogen and oxygen atoms in total. The summed E-state index contributed by atoms with van der Waals surface area (Å²) in [7, 11) is 0. The number of nitrogens with zero attached hydrogens (tertiary/aromatic N) is 1. The summed E-state index contributed by atoms with van der Waals surface area (Å²) < 4.78 is 24.8. The van der Waals surface area contributed by atoms with E-state index >= 15 is 0 Å². The van der Waals surface area contributed by atoms with E-state index in [9.17, 15) is 13.6 Å². The van der Waals surface area contributed by atoms with Crippen LogP contribution in [0.1, 0.15) is 6.92 Å². The molecule has 1 heterocycles. The SMILES string of the molecule is C[C@@H]1N(CC(=O)O)CC1(F)F. The zero-order valence-electron chi connectivity index (χ0n) is 6.05. The van der Waals surface area contributed by atoms with Gasteiger partial charge in [0.1, 0.15) is 0 Å². The molecule has 1 rings (SSSR count). The van der Waals surface area contributed by atoms with Crippen LogP contribution in [0.2, 0.25) is 0 Å². The number of hydrogen-bond acceptors (Lipinski definition) is 2. The molecule has 0 radical (unpaired) electrons. The Balaban J connectivity index is 2.39. The molecule has 1 saturated heterocycles. The first-order valence-electron chi connectivity index (χ1n) is 3.27. The van der Waals surface area contributed by atoms with E-state index < -0.39 is 24.5 Å². The van der Waals surface area contributed by atoms with Crippen molar-refractivity contribution in [2.24, 2.45) is 0 Å². The van der Waals surface area contributed by atoms with Gasteiger partial charge < -0.3 is 5.11 Å². The van der Waals surface area contributed by atoms with Crippen LogP contribution in [0.5, 0.6) is 0 Å². The van der Waals surface area contributed by atoms with E-state index in [0.29, 0.717) is 0 Å². The quantitative estimate of drug-likeness (QED) is 0.644.